The molecule has 0 saturated heterocycles. The molecule has 5 heteroatoms. The fraction of sp³-hybridized carbons (Fsp3) is 0.500. The van der Waals surface area contributed by atoms with E-state index in [1.165, 1.54) is 41.8 Å². The van der Waals surface area contributed by atoms with Gasteiger partial charge in [-0.05, 0) is 49.7 Å². The number of amides is 1. The summed E-state index contributed by atoms with van der Waals surface area (Å²) in [5, 5.41) is 3.84. The standard InChI is InChI=1S/C18H21N3OS/c22-17(14-10-13(14)12-6-5-9-19-11-12)21-18-20-15-7-3-1-2-4-8-16(15)23-18/h5-6,9,11,13-14H,1-4,7-8,10H2,(H,20,21,22)/t13-,14+/m1/s1. The molecule has 0 spiro atoms. The van der Waals surface area contributed by atoms with Gasteiger partial charge in [0.15, 0.2) is 5.13 Å². The molecule has 2 aromatic heterocycles. The normalized spacial score (nSPS) is 23.5. The first-order valence-corrected chi connectivity index (χ1v) is 9.32. The highest BCUT2D eigenvalue weighted by atomic mass is 32.1. The molecule has 4 rings (SSSR count). The van der Waals surface area contributed by atoms with E-state index in [0.717, 1.165) is 24.4 Å². The van der Waals surface area contributed by atoms with Gasteiger partial charge in [0, 0.05) is 23.2 Å². The first-order chi connectivity index (χ1) is 11.3. The van der Waals surface area contributed by atoms with Crippen molar-refractivity contribution in [3.05, 3.63) is 40.7 Å². The number of hydrogen-bond acceptors (Lipinski definition) is 4. The lowest BCUT2D eigenvalue weighted by molar-refractivity contribution is -0.117. The fourth-order valence-electron chi connectivity index (χ4n) is 3.41. The summed E-state index contributed by atoms with van der Waals surface area (Å²) in [6, 6.07) is 3.99. The molecular formula is C18H21N3OS. The fourth-order valence-corrected chi connectivity index (χ4v) is 4.46. The van der Waals surface area contributed by atoms with Crippen LogP contribution in [0.4, 0.5) is 5.13 Å². The Balaban J connectivity index is 1.41. The van der Waals surface area contributed by atoms with Crippen LogP contribution in [0.2, 0.25) is 0 Å². The van der Waals surface area contributed by atoms with Gasteiger partial charge in [-0.15, -0.1) is 11.3 Å². The van der Waals surface area contributed by atoms with Crippen molar-refractivity contribution in [1.29, 1.82) is 0 Å². The van der Waals surface area contributed by atoms with E-state index < -0.39 is 0 Å². The average molecular weight is 327 g/mol. The van der Waals surface area contributed by atoms with Crippen LogP contribution in [0.3, 0.4) is 0 Å². The molecule has 2 aliphatic rings. The lowest BCUT2D eigenvalue weighted by atomic mass is 10.0. The molecule has 2 aromatic rings. The maximum atomic E-state index is 12.4. The van der Waals surface area contributed by atoms with Crippen LogP contribution in [0.25, 0.3) is 0 Å². The Morgan fingerprint density at radius 2 is 2.09 bits per heavy atom. The Morgan fingerprint density at radius 3 is 2.91 bits per heavy atom. The third-order valence-corrected chi connectivity index (χ3v) is 5.89. The Kier molecular flexibility index (Phi) is 4.12. The average Bonchev–Trinajstić information content (AvgIpc) is 3.27. The number of hydrogen-bond donors (Lipinski definition) is 1. The lowest BCUT2D eigenvalue weighted by Crippen LogP contribution is -2.14. The smallest absolute Gasteiger partial charge is 0.229 e. The van der Waals surface area contributed by atoms with Crippen molar-refractivity contribution >= 4 is 22.4 Å². The van der Waals surface area contributed by atoms with Gasteiger partial charge in [-0.25, -0.2) is 4.98 Å². The zero-order valence-corrected chi connectivity index (χ0v) is 13.9. The summed E-state index contributed by atoms with van der Waals surface area (Å²) in [5.74, 6) is 0.510. The Bertz CT molecular complexity index is 672. The van der Waals surface area contributed by atoms with Gasteiger partial charge in [-0.1, -0.05) is 18.9 Å². The van der Waals surface area contributed by atoms with E-state index in [2.05, 4.69) is 21.4 Å². The third-order valence-electron chi connectivity index (χ3n) is 4.82. The van der Waals surface area contributed by atoms with Gasteiger partial charge >= 0.3 is 0 Å². The monoisotopic (exact) mass is 327 g/mol. The van der Waals surface area contributed by atoms with Gasteiger partial charge in [0.1, 0.15) is 0 Å². The van der Waals surface area contributed by atoms with Crippen LogP contribution in [-0.2, 0) is 17.6 Å². The van der Waals surface area contributed by atoms with Crippen molar-refractivity contribution in [3.8, 4) is 0 Å². The topological polar surface area (TPSA) is 54.9 Å². The summed E-state index contributed by atoms with van der Waals surface area (Å²) in [6.07, 6.45) is 11.8. The summed E-state index contributed by atoms with van der Waals surface area (Å²) in [5.41, 5.74) is 2.38. The number of rotatable bonds is 3. The second kappa shape index (κ2) is 6.40. The van der Waals surface area contributed by atoms with E-state index in [0.29, 0.717) is 5.92 Å². The van der Waals surface area contributed by atoms with E-state index in [4.69, 9.17) is 0 Å². The van der Waals surface area contributed by atoms with Gasteiger partial charge in [-0.2, -0.15) is 0 Å². The van der Waals surface area contributed by atoms with E-state index >= 15 is 0 Å². The summed E-state index contributed by atoms with van der Waals surface area (Å²) in [6.45, 7) is 0. The first kappa shape index (κ1) is 14.8. The molecule has 2 aliphatic carbocycles. The SMILES string of the molecule is O=C(Nc1nc2c(s1)CCCCCC2)[C@H]1C[C@@H]1c1cccnc1. The molecule has 0 radical (unpaired) electrons. The van der Waals surface area contributed by atoms with E-state index in [9.17, 15) is 4.79 Å². The number of pyridine rings is 1. The lowest BCUT2D eigenvalue weighted by Gasteiger charge is -2.06. The molecule has 1 saturated carbocycles. The number of thiazole rings is 1. The second-order valence-electron chi connectivity index (χ2n) is 6.53. The van der Waals surface area contributed by atoms with Crippen LogP contribution in [0.5, 0.6) is 0 Å². The summed E-state index contributed by atoms with van der Waals surface area (Å²) in [4.78, 5) is 22.6. The Labute approximate surface area is 140 Å². The molecule has 0 aromatic carbocycles. The molecule has 2 heterocycles. The number of anilines is 1. The van der Waals surface area contributed by atoms with Crippen molar-refractivity contribution < 1.29 is 4.79 Å². The largest absolute Gasteiger partial charge is 0.302 e. The molecule has 2 atom stereocenters. The van der Waals surface area contributed by atoms with Crippen LogP contribution >= 0.6 is 11.3 Å². The molecule has 23 heavy (non-hydrogen) atoms. The number of nitrogens with zero attached hydrogens (tertiary/aromatic N) is 2. The van der Waals surface area contributed by atoms with Crippen molar-refractivity contribution in [2.45, 2.75) is 50.9 Å². The number of carbonyl (C=O) groups excluding carboxylic acids is 1. The third kappa shape index (κ3) is 3.29. The molecule has 120 valence electrons. The number of carbonyl (C=O) groups is 1. The molecule has 1 amide bonds. The zero-order valence-electron chi connectivity index (χ0n) is 13.1. The Morgan fingerprint density at radius 1 is 1.22 bits per heavy atom. The number of aryl methyl sites for hydroxylation is 2. The van der Waals surface area contributed by atoms with Crippen molar-refractivity contribution in [1.82, 2.24) is 9.97 Å². The van der Waals surface area contributed by atoms with Crippen molar-refractivity contribution in [2.24, 2.45) is 5.92 Å². The summed E-state index contributed by atoms with van der Waals surface area (Å²) >= 11 is 1.67. The van der Waals surface area contributed by atoms with Gasteiger partial charge in [-0.3, -0.25) is 9.78 Å². The van der Waals surface area contributed by atoms with Crippen molar-refractivity contribution in [2.75, 3.05) is 5.32 Å². The highest BCUT2D eigenvalue weighted by Crippen LogP contribution is 2.47. The maximum Gasteiger partial charge on any atom is 0.229 e. The molecular weight excluding hydrogens is 306 g/mol. The van der Waals surface area contributed by atoms with E-state index in [1.807, 2.05) is 12.3 Å². The predicted octanol–water partition coefficient (Wildman–Crippen LogP) is 3.94. The zero-order chi connectivity index (χ0) is 15.6. The molecule has 1 N–H and O–H groups in total. The molecule has 1 fully saturated rings. The van der Waals surface area contributed by atoms with E-state index in [1.54, 1.807) is 17.5 Å². The van der Waals surface area contributed by atoms with Gasteiger partial charge < -0.3 is 5.32 Å². The summed E-state index contributed by atoms with van der Waals surface area (Å²) in [7, 11) is 0. The minimum atomic E-state index is 0.0747. The summed E-state index contributed by atoms with van der Waals surface area (Å²) < 4.78 is 0. The molecule has 0 bridgehead atoms. The van der Waals surface area contributed by atoms with Crippen LogP contribution in [0, 0.1) is 5.92 Å². The number of aromatic nitrogens is 2. The second-order valence-corrected chi connectivity index (χ2v) is 7.61. The predicted molar refractivity (Wildman–Crippen MR) is 91.7 cm³/mol. The van der Waals surface area contributed by atoms with Crippen LogP contribution in [-0.4, -0.2) is 15.9 Å². The van der Waals surface area contributed by atoms with E-state index in [-0.39, 0.29) is 11.8 Å². The van der Waals surface area contributed by atoms with Crippen LogP contribution in [0.15, 0.2) is 24.5 Å². The highest BCUT2D eigenvalue weighted by Gasteiger charge is 2.44. The first-order valence-electron chi connectivity index (χ1n) is 8.50. The quantitative estimate of drug-likeness (QED) is 0.929. The number of fused-ring (bicyclic) bond motifs is 1. The molecule has 0 unspecified atom stereocenters. The van der Waals surface area contributed by atoms with Crippen LogP contribution in [0.1, 0.15) is 54.2 Å². The maximum absolute atomic E-state index is 12.4. The highest BCUT2D eigenvalue weighted by molar-refractivity contribution is 7.15. The van der Waals surface area contributed by atoms with Crippen molar-refractivity contribution in [3.63, 3.8) is 0 Å². The molecule has 0 aliphatic heterocycles. The van der Waals surface area contributed by atoms with Gasteiger partial charge in [0.25, 0.3) is 0 Å². The minimum Gasteiger partial charge on any atom is -0.302 e. The number of nitrogens with one attached hydrogen (secondary N) is 1. The minimum absolute atomic E-state index is 0.0747. The van der Waals surface area contributed by atoms with Crippen LogP contribution < -0.4 is 5.32 Å². The Hall–Kier alpha value is -1.75. The van der Waals surface area contributed by atoms with Gasteiger partial charge in [0.2, 0.25) is 5.91 Å². The molecule has 4 nitrogen and oxygen atoms in total. The van der Waals surface area contributed by atoms with Gasteiger partial charge in [0.05, 0.1) is 5.69 Å².